The molecule has 10 nitrogen and oxygen atoms in total. The summed E-state index contributed by atoms with van der Waals surface area (Å²) in [4.78, 5) is 39.8. The lowest BCUT2D eigenvalue weighted by Gasteiger charge is -2.23. The largest absolute Gasteiger partial charge is 0.325 e. The second-order valence-electron chi connectivity index (χ2n) is 8.27. The molecule has 1 aliphatic heterocycles. The fourth-order valence-corrected chi connectivity index (χ4v) is 3.94. The Bertz CT molecular complexity index is 1390. The third kappa shape index (κ3) is 4.24. The monoisotopic (exact) mass is 467 g/mol. The number of carbonyl (C=O) groups is 3. The lowest BCUT2D eigenvalue weighted by Crippen LogP contribution is -2.40. The molecule has 5 rings (SSSR count). The minimum atomic E-state index is -1.24. The fourth-order valence-electron chi connectivity index (χ4n) is 3.94. The molecule has 1 aliphatic rings. The number of hydrogen-bond acceptors (Lipinski definition) is 6. The van der Waals surface area contributed by atoms with Crippen molar-refractivity contribution >= 4 is 23.5 Å². The zero-order chi connectivity index (χ0) is 24.4. The molecule has 0 bridgehead atoms. The van der Waals surface area contributed by atoms with E-state index in [0.29, 0.717) is 22.5 Å². The van der Waals surface area contributed by atoms with Crippen LogP contribution in [0.15, 0.2) is 85.2 Å². The molecular formula is C25H21N7O3. The van der Waals surface area contributed by atoms with E-state index in [1.165, 1.54) is 15.9 Å². The molecule has 1 saturated heterocycles. The van der Waals surface area contributed by atoms with Crippen LogP contribution in [0.25, 0.3) is 5.69 Å². The first kappa shape index (κ1) is 22.0. The number of nitrogens with one attached hydrogen (secondary N) is 2. The smallest absolute Gasteiger partial charge is 0.322 e. The van der Waals surface area contributed by atoms with Crippen LogP contribution >= 0.6 is 0 Å². The van der Waals surface area contributed by atoms with E-state index in [9.17, 15) is 14.4 Å². The molecule has 0 radical (unpaired) electrons. The van der Waals surface area contributed by atoms with Crippen LogP contribution in [0, 0.1) is 0 Å². The predicted octanol–water partition coefficient (Wildman–Crippen LogP) is 2.88. The van der Waals surface area contributed by atoms with Gasteiger partial charge in [0.15, 0.2) is 0 Å². The Balaban J connectivity index is 1.31. The van der Waals surface area contributed by atoms with E-state index < -0.39 is 11.6 Å². The van der Waals surface area contributed by atoms with Crippen molar-refractivity contribution in [2.75, 3.05) is 5.32 Å². The first-order chi connectivity index (χ1) is 16.9. The molecule has 0 saturated carbocycles. The molecule has 174 valence electrons. The molecule has 2 N–H and O–H groups in total. The first-order valence-electron chi connectivity index (χ1n) is 10.9. The van der Waals surface area contributed by atoms with E-state index in [2.05, 4.69) is 26.2 Å². The third-order valence-electron chi connectivity index (χ3n) is 5.90. The number of amides is 4. The van der Waals surface area contributed by atoms with Gasteiger partial charge in [-0.1, -0.05) is 42.5 Å². The average Bonchev–Trinajstić information content (AvgIpc) is 3.49. The van der Waals surface area contributed by atoms with Crippen LogP contribution in [0.3, 0.4) is 0 Å². The number of para-hydroxylation sites is 1. The van der Waals surface area contributed by atoms with Gasteiger partial charge in [-0.25, -0.2) is 9.48 Å². The van der Waals surface area contributed by atoms with E-state index in [-0.39, 0.29) is 18.4 Å². The Morgan fingerprint density at radius 3 is 2.49 bits per heavy atom. The molecule has 10 heteroatoms. The van der Waals surface area contributed by atoms with Gasteiger partial charge in [0, 0.05) is 11.3 Å². The topological polar surface area (TPSA) is 122 Å². The highest BCUT2D eigenvalue weighted by Gasteiger charge is 2.49. The number of aromatic nitrogens is 4. The molecule has 0 unspecified atom stereocenters. The number of nitrogens with zero attached hydrogens (tertiary/aromatic N) is 5. The van der Waals surface area contributed by atoms with Gasteiger partial charge in [-0.05, 0) is 64.9 Å². The minimum Gasteiger partial charge on any atom is -0.322 e. The second kappa shape index (κ2) is 8.82. The summed E-state index contributed by atoms with van der Waals surface area (Å²) in [5.41, 5.74) is 1.93. The van der Waals surface area contributed by atoms with Crippen LogP contribution in [0.4, 0.5) is 10.5 Å². The van der Waals surface area contributed by atoms with Crippen LogP contribution in [-0.2, 0) is 16.9 Å². The molecule has 0 spiro atoms. The number of anilines is 1. The number of imide groups is 1. The predicted molar refractivity (Wildman–Crippen MR) is 126 cm³/mol. The second-order valence-corrected chi connectivity index (χ2v) is 8.27. The van der Waals surface area contributed by atoms with E-state index in [1.54, 1.807) is 67.6 Å². The molecule has 2 heterocycles. The Kier molecular flexibility index (Phi) is 5.54. The van der Waals surface area contributed by atoms with Crippen molar-refractivity contribution in [1.29, 1.82) is 0 Å². The summed E-state index contributed by atoms with van der Waals surface area (Å²) < 4.78 is 1.47. The number of benzene rings is 3. The van der Waals surface area contributed by atoms with Crippen molar-refractivity contribution in [1.82, 2.24) is 30.4 Å². The van der Waals surface area contributed by atoms with Gasteiger partial charge in [0.25, 0.3) is 11.8 Å². The summed E-state index contributed by atoms with van der Waals surface area (Å²) in [6.45, 7) is 1.75. The maximum absolute atomic E-state index is 13.4. The van der Waals surface area contributed by atoms with Crippen molar-refractivity contribution in [2.24, 2.45) is 0 Å². The van der Waals surface area contributed by atoms with Gasteiger partial charge in [-0.15, -0.1) is 5.10 Å². The van der Waals surface area contributed by atoms with Gasteiger partial charge in [-0.3, -0.25) is 14.5 Å². The van der Waals surface area contributed by atoms with E-state index in [4.69, 9.17) is 0 Å². The quantitative estimate of drug-likeness (QED) is 0.421. The molecular weight excluding hydrogens is 446 g/mol. The van der Waals surface area contributed by atoms with Crippen molar-refractivity contribution in [3.05, 3.63) is 102 Å². The highest BCUT2D eigenvalue weighted by Crippen LogP contribution is 2.31. The Morgan fingerprint density at radius 1 is 1.00 bits per heavy atom. The standard InChI is InChI=1S/C25H21N7O3/c1-25(19-6-5-9-21(14-19)32-16-26-29-30-32)23(34)31(24(35)28-25)15-17-10-12-18(13-11-17)22(33)27-20-7-3-2-4-8-20/h2-14,16H,15H2,1H3,(H,27,33)(H,28,35)/t25-/m1/s1. The molecule has 1 fully saturated rings. The first-order valence-corrected chi connectivity index (χ1v) is 10.9. The molecule has 1 aromatic heterocycles. The minimum absolute atomic E-state index is 0.0769. The normalized spacial score (nSPS) is 17.3. The van der Waals surface area contributed by atoms with Crippen LogP contribution in [0.2, 0.25) is 0 Å². The summed E-state index contributed by atoms with van der Waals surface area (Å²) in [6.07, 6.45) is 1.45. The Hall–Kier alpha value is -4.86. The molecule has 4 amide bonds. The van der Waals surface area contributed by atoms with Crippen molar-refractivity contribution in [2.45, 2.75) is 19.0 Å². The Labute approximate surface area is 200 Å². The highest BCUT2D eigenvalue weighted by atomic mass is 16.2. The van der Waals surface area contributed by atoms with Gasteiger partial charge >= 0.3 is 6.03 Å². The van der Waals surface area contributed by atoms with Gasteiger partial charge in [0.1, 0.15) is 11.9 Å². The summed E-state index contributed by atoms with van der Waals surface area (Å²) >= 11 is 0. The van der Waals surface area contributed by atoms with E-state index >= 15 is 0 Å². The van der Waals surface area contributed by atoms with Crippen LogP contribution < -0.4 is 10.6 Å². The molecule has 3 aromatic carbocycles. The molecule has 35 heavy (non-hydrogen) atoms. The average molecular weight is 467 g/mol. The van der Waals surface area contributed by atoms with E-state index in [1.807, 2.05) is 18.2 Å². The van der Waals surface area contributed by atoms with Gasteiger partial charge < -0.3 is 10.6 Å². The lowest BCUT2D eigenvalue weighted by atomic mass is 9.91. The summed E-state index contributed by atoms with van der Waals surface area (Å²) in [7, 11) is 0. The number of rotatable bonds is 6. The zero-order valence-corrected chi connectivity index (χ0v) is 18.8. The lowest BCUT2D eigenvalue weighted by molar-refractivity contribution is -0.131. The summed E-state index contributed by atoms with van der Waals surface area (Å²) in [5, 5.41) is 16.8. The van der Waals surface area contributed by atoms with Crippen molar-refractivity contribution in [3.8, 4) is 5.69 Å². The fraction of sp³-hybridized carbons (Fsp3) is 0.120. The third-order valence-corrected chi connectivity index (χ3v) is 5.90. The maximum Gasteiger partial charge on any atom is 0.325 e. The van der Waals surface area contributed by atoms with Crippen LogP contribution in [0.5, 0.6) is 0 Å². The number of tetrazole rings is 1. The summed E-state index contributed by atoms with van der Waals surface area (Å²) in [5.74, 6) is -0.616. The molecule has 1 atom stereocenters. The molecule has 4 aromatic rings. The number of urea groups is 1. The van der Waals surface area contributed by atoms with Gasteiger partial charge in [0.2, 0.25) is 0 Å². The SMILES string of the molecule is C[C@]1(c2cccc(-n3cnnn3)c2)NC(=O)N(Cc2ccc(C(=O)Nc3ccccc3)cc2)C1=O. The molecule has 0 aliphatic carbocycles. The highest BCUT2D eigenvalue weighted by molar-refractivity contribution is 6.07. The van der Waals surface area contributed by atoms with Crippen LogP contribution in [-0.4, -0.2) is 43.0 Å². The van der Waals surface area contributed by atoms with Crippen molar-refractivity contribution < 1.29 is 14.4 Å². The summed E-state index contributed by atoms with van der Waals surface area (Å²) in [6, 6.07) is 22.6. The Morgan fingerprint density at radius 2 is 1.77 bits per heavy atom. The zero-order valence-electron chi connectivity index (χ0n) is 18.8. The number of carbonyl (C=O) groups excluding carboxylic acids is 3. The number of hydrogen-bond donors (Lipinski definition) is 2. The van der Waals surface area contributed by atoms with E-state index in [0.717, 1.165) is 5.56 Å². The van der Waals surface area contributed by atoms with Crippen molar-refractivity contribution in [3.63, 3.8) is 0 Å². The maximum atomic E-state index is 13.4. The van der Waals surface area contributed by atoms with Gasteiger partial charge in [0.05, 0.1) is 12.2 Å². The van der Waals surface area contributed by atoms with Gasteiger partial charge in [-0.2, -0.15) is 0 Å². The van der Waals surface area contributed by atoms with Crippen LogP contribution in [0.1, 0.15) is 28.4 Å².